The molecule has 0 radical (unpaired) electrons. The predicted octanol–water partition coefficient (Wildman–Crippen LogP) is 0.388. The van der Waals surface area contributed by atoms with Gasteiger partial charge >= 0.3 is 0 Å². The van der Waals surface area contributed by atoms with Crippen LogP contribution in [0.15, 0.2) is 0 Å². The first-order chi connectivity index (χ1) is 8.39. The highest BCUT2D eigenvalue weighted by Gasteiger charge is 2.23. The van der Waals surface area contributed by atoms with Gasteiger partial charge in [0.15, 0.2) is 0 Å². The van der Waals surface area contributed by atoms with Crippen LogP contribution >= 0.6 is 0 Å². The molecule has 1 aliphatic rings. The second kappa shape index (κ2) is 7.43. The third kappa shape index (κ3) is 6.68. The summed E-state index contributed by atoms with van der Waals surface area (Å²) < 4.78 is 26.5. The minimum Gasteiger partial charge on any atom is -0.315 e. The van der Waals surface area contributed by atoms with Crippen LogP contribution in [0.5, 0.6) is 0 Å². The van der Waals surface area contributed by atoms with Gasteiger partial charge < -0.3 is 10.2 Å². The summed E-state index contributed by atoms with van der Waals surface area (Å²) in [5.74, 6) is 0.243. The Kier molecular flexibility index (Phi) is 6.55. The van der Waals surface area contributed by atoms with Gasteiger partial charge in [0, 0.05) is 18.6 Å². The van der Waals surface area contributed by atoms with Gasteiger partial charge in [0.1, 0.15) is 0 Å². The molecule has 1 atom stereocenters. The molecule has 0 aromatic carbocycles. The SMILES string of the molecule is CC(C)NCCCCS(=O)(=O)NC1CCN(C)C1. The van der Waals surface area contributed by atoms with Gasteiger partial charge in [-0.3, -0.25) is 0 Å². The second-order valence-electron chi connectivity index (χ2n) is 5.50. The summed E-state index contributed by atoms with van der Waals surface area (Å²) in [7, 11) is -1.07. The molecule has 1 aliphatic heterocycles. The maximum atomic E-state index is 11.8. The van der Waals surface area contributed by atoms with Gasteiger partial charge in [-0.05, 0) is 39.4 Å². The molecule has 0 aromatic rings. The molecule has 0 saturated carbocycles. The van der Waals surface area contributed by atoms with Crippen molar-refractivity contribution in [2.45, 2.75) is 45.2 Å². The molecule has 1 heterocycles. The highest BCUT2D eigenvalue weighted by atomic mass is 32.2. The summed E-state index contributed by atoms with van der Waals surface area (Å²) >= 11 is 0. The molecule has 0 aromatic heterocycles. The molecular formula is C12H27N3O2S. The van der Waals surface area contributed by atoms with Crippen LogP contribution in [-0.2, 0) is 10.0 Å². The van der Waals surface area contributed by atoms with Crippen LogP contribution in [0.3, 0.4) is 0 Å². The highest BCUT2D eigenvalue weighted by molar-refractivity contribution is 7.89. The van der Waals surface area contributed by atoms with Crippen molar-refractivity contribution in [2.24, 2.45) is 0 Å². The third-order valence-electron chi connectivity index (χ3n) is 3.13. The van der Waals surface area contributed by atoms with E-state index in [-0.39, 0.29) is 11.8 Å². The molecule has 2 N–H and O–H groups in total. The lowest BCUT2D eigenvalue weighted by molar-refractivity contribution is 0.407. The van der Waals surface area contributed by atoms with Crippen LogP contribution in [0, 0.1) is 0 Å². The van der Waals surface area contributed by atoms with E-state index in [4.69, 9.17) is 0 Å². The molecule has 0 spiro atoms. The van der Waals surface area contributed by atoms with Crippen LogP contribution in [0.25, 0.3) is 0 Å². The smallest absolute Gasteiger partial charge is 0.211 e. The topological polar surface area (TPSA) is 61.4 Å². The standard InChI is InChI=1S/C12H27N3O2S/c1-11(2)13-7-4-5-9-18(16,17)14-12-6-8-15(3)10-12/h11-14H,4-10H2,1-3H3. The molecule has 18 heavy (non-hydrogen) atoms. The van der Waals surface area contributed by atoms with E-state index in [0.717, 1.165) is 38.9 Å². The van der Waals surface area contributed by atoms with Gasteiger partial charge in [0.05, 0.1) is 5.75 Å². The number of rotatable bonds is 8. The van der Waals surface area contributed by atoms with E-state index in [1.165, 1.54) is 0 Å². The first kappa shape index (κ1) is 15.9. The maximum Gasteiger partial charge on any atom is 0.211 e. The Balaban J connectivity index is 2.15. The van der Waals surface area contributed by atoms with E-state index >= 15 is 0 Å². The summed E-state index contributed by atoms with van der Waals surface area (Å²) in [6.07, 6.45) is 2.55. The summed E-state index contributed by atoms with van der Waals surface area (Å²) in [5, 5.41) is 3.29. The van der Waals surface area contributed by atoms with Crippen molar-refractivity contribution in [1.82, 2.24) is 14.9 Å². The molecule has 6 heteroatoms. The minimum absolute atomic E-state index is 0.105. The number of likely N-dealkylation sites (tertiary alicyclic amines) is 1. The van der Waals surface area contributed by atoms with Crippen LogP contribution in [0.1, 0.15) is 33.1 Å². The van der Waals surface area contributed by atoms with E-state index in [1.54, 1.807) is 0 Å². The lowest BCUT2D eigenvalue weighted by atomic mass is 10.3. The molecule has 0 amide bonds. The Morgan fingerprint density at radius 3 is 2.61 bits per heavy atom. The third-order valence-corrected chi connectivity index (χ3v) is 4.65. The van der Waals surface area contributed by atoms with Crippen molar-refractivity contribution in [3.05, 3.63) is 0 Å². The summed E-state index contributed by atoms with van der Waals surface area (Å²) in [6, 6.07) is 0.572. The average molecular weight is 277 g/mol. The van der Waals surface area contributed by atoms with E-state index in [0.29, 0.717) is 6.04 Å². The number of likely N-dealkylation sites (N-methyl/N-ethyl adjacent to an activating group) is 1. The fraction of sp³-hybridized carbons (Fsp3) is 1.00. The van der Waals surface area contributed by atoms with Crippen molar-refractivity contribution in [3.63, 3.8) is 0 Å². The van der Waals surface area contributed by atoms with E-state index < -0.39 is 10.0 Å². The number of nitrogens with one attached hydrogen (secondary N) is 2. The number of sulfonamides is 1. The number of hydrogen-bond donors (Lipinski definition) is 2. The van der Waals surface area contributed by atoms with Gasteiger partial charge in [-0.15, -0.1) is 0 Å². The first-order valence-corrected chi connectivity index (χ1v) is 8.46. The number of nitrogens with zero attached hydrogens (tertiary/aromatic N) is 1. The Labute approximate surface area is 111 Å². The van der Waals surface area contributed by atoms with Crippen LogP contribution in [0.2, 0.25) is 0 Å². The molecule has 108 valence electrons. The lowest BCUT2D eigenvalue weighted by Crippen LogP contribution is -2.38. The first-order valence-electron chi connectivity index (χ1n) is 6.81. The van der Waals surface area contributed by atoms with Gasteiger partial charge in [0.25, 0.3) is 0 Å². The Morgan fingerprint density at radius 2 is 2.06 bits per heavy atom. The summed E-state index contributed by atoms with van der Waals surface area (Å²) in [6.45, 7) is 6.88. The van der Waals surface area contributed by atoms with Gasteiger partial charge in [0.2, 0.25) is 10.0 Å². The zero-order chi connectivity index (χ0) is 13.6. The zero-order valence-corrected chi connectivity index (χ0v) is 12.6. The van der Waals surface area contributed by atoms with Crippen molar-refractivity contribution in [3.8, 4) is 0 Å². The Morgan fingerprint density at radius 1 is 1.33 bits per heavy atom. The molecule has 1 unspecified atom stereocenters. The second-order valence-corrected chi connectivity index (χ2v) is 7.37. The molecule has 1 saturated heterocycles. The van der Waals surface area contributed by atoms with Gasteiger partial charge in [-0.2, -0.15) is 0 Å². The number of hydrogen-bond acceptors (Lipinski definition) is 4. The lowest BCUT2D eigenvalue weighted by Gasteiger charge is -2.13. The molecule has 5 nitrogen and oxygen atoms in total. The van der Waals surface area contributed by atoms with E-state index in [1.807, 2.05) is 7.05 Å². The fourth-order valence-electron chi connectivity index (χ4n) is 2.15. The van der Waals surface area contributed by atoms with Crippen molar-refractivity contribution in [2.75, 3.05) is 32.4 Å². The Hall–Kier alpha value is -0.170. The van der Waals surface area contributed by atoms with Crippen molar-refractivity contribution in [1.29, 1.82) is 0 Å². The van der Waals surface area contributed by atoms with Crippen LogP contribution < -0.4 is 10.0 Å². The highest BCUT2D eigenvalue weighted by Crippen LogP contribution is 2.08. The van der Waals surface area contributed by atoms with Gasteiger partial charge in [-0.1, -0.05) is 13.8 Å². The largest absolute Gasteiger partial charge is 0.315 e. The van der Waals surface area contributed by atoms with Gasteiger partial charge in [-0.25, -0.2) is 13.1 Å². The van der Waals surface area contributed by atoms with Crippen molar-refractivity contribution >= 4 is 10.0 Å². The molecule has 0 bridgehead atoms. The van der Waals surface area contributed by atoms with E-state index in [9.17, 15) is 8.42 Å². The molecule has 1 fully saturated rings. The fourth-order valence-corrected chi connectivity index (χ4v) is 3.55. The predicted molar refractivity (Wildman–Crippen MR) is 75.2 cm³/mol. The van der Waals surface area contributed by atoms with Crippen molar-refractivity contribution < 1.29 is 8.42 Å². The quantitative estimate of drug-likeness (QED) is 0.630. The maximum absolute atomic E-state index is 11.8. The average Bonchev–Trinajstić information content (AvgIpc) is 2.61. The monoisotopic (exact) mass is 277 g/mol. The minimum atomic E-state index is -3.09. The molecule has 1 rings (SSSR count). The summed E-state index contributed by atoms with van der Waals surface area (Å²) in [5.41, 5.74) is 0. The van der Waals surface area contributed by atoms with Crippen LogP contribution in [0.4, 0.5) is 0 Å². The molecule has 0 aliphatic carbocycles. The zero-order valence-electron chi connectivity index (χ0n) is 11.8. The van der Waals surface area contributed by atoms with Crippen LogP contribution in [-0.4, -0.2) is 57.8 Å². The summed E-state index contributed by atoms with van der Waals surface area (Å²) in [4.78, 5) is 2.15. The number of unbranched alkanes of at least 4 members (excludes halogenated alkanes) is 1. The Bertz CT molecular complexity index is 330. The van der Waals surface area contributed by atoms with E-state index in [2.05, 4.69) is 28.8 Å². The molecular weight excluding hydrogens is 250 g/mol. The normalized spacial score (nSPS) is 21.9.